The number of rotatable bonds is 5. The molecule has 8 heteroatoms. The summed E-state index contributed by atoms with van der Waals surface area (Å²) in [4.78, 5) is 11.3. The van der Waals surface area contributed by atoms with Gasteiger partial charge in [0.05, 0.1) is 6.61 Å². The van der Waals surface area contributed by atoms with Gasteiger partial charge in [0.25, 0.3) is 0 Å². The molecule has 0 bridgehead atoms. The molecule has 0 aliphatic heterocycles. The van der Waals surface area contributed by atoms with Gasteiger partial charge < -0.3 is 15.2 Å². The van der Waals surface area contributed by atoms with E-state index in [0.29, 0.717) is 0 Å². The molecule has 1 unspecified atom stereocenters. The summed E-state index contributed by atoms with van der Waals surface area (Å²) in [5.41, 5.74) is 5.78. The van der Waals surface area contributed by atoms with Crippen molar-refractivity contribution in [3.63, 3.8) is 0 Å². The smallest absolute Gasteiger partial charge is 0.465 e. The first-order valence-electron chi connectivity index (χ1n) is 5.69. The number of hydrogen-bond acceptors (Lipinski definition) is 4. The molecule has 0 amide bonds. The fraction of sp³-hybridized carbons (Fsp3) is 0.417. The summed E-state index contributed by atoms with van der Waals surface area (Å²) in [6, 6.07) is 1.85. The van der Waals surface area contributed by atoms with Gasteiger partial charge in [-0.1, -0.05) is 6.07 Å². The molecule has 0 fully saturated rings. The number of esters is 1. The highest BCUT2D eigenvalue weighted by atomic mass is 19.4. The third kappa shape index (κ3) is 5.04. The summed E-state index contributed by atoms with van der Waals surface area (Å²) in [6.07, 6.45) is -5.02. The molecule has 0 aliphatic carbocycles. The monoisotopic (exact) mass is 295 g/mol. The predicted molar refractivity (Wildman–Crippen MR) is 61.4 cm³/mol. The molecule has 0 heterocycles. The number of carbonyl (C=O) groups excluding carboxylic acids is 1. The fourth-order valence-corrected chi connectivity index (χ4v) is 1.47. The maximum Gasteiger partial charge on any atom is 0.573 e. The average Bonchev–Trinajstić information content (AvgIpc) is 2.31. The van der Waals surface area contributed by atoms with Crippen LogP contribution in [-0.2, 0) is 16.0 Å². The number of ether oxygens (including phenoxy) is 2. The highest BCUT2D eigenvalue weighted by Crippen LogP contribution is 2.26. The maximum atomic E-state index is 13.4. The van der Waals surface area contributed by atoms with Crippen LogP contribution in [0.3, 0.4) is 0 Å². The molecule has 0 aliphatic rings. The minimum absolute atomic E-state index is 0.0535. The fourth-order valence-electron chi connectivity index (χ4n) is 1.47. The Hall–Kier alpha value is -1.83. The van der Waals surface area contributed by atoms with Gasteiger partial charge in [-0.15, -0.1) is 13.2 Å². The van der Waals surface area contributed by atoms with Crippen LogP contribution in [0.25, 0.3) is 0 Å². The second-order valence-corrected chi connectivity index (χ2v) is 3.88. The van der Waals surface area contributed by atoms with Gasteiger partial charge >= 0.3 is 12.3 Å². The van der Waals surface area contributed by atoms with Crippen molar-refractivity contribution in [2.24, 2.45) is 5.73 Å². The summed E-state index contributed by atoms with van der Waals surface area (Å²) in [5.74, 6) is -2.79. The van der Waals surface area contributed by atoms with Gasteiger partial charge in [-0.2, -0.15) is 0 Å². The molecule has 0 saturated carbocycles. The van der Waals surface area contributed by atoms with E-state index in [2.05, 4.69) is 9.47 Å². The normalized spacial score (nSPS) is 12.9. The van der Waals surface area contributed by atoms with Gasteiger partial charge in [0, 0.05) is 0 Å². The molecular weight excluding hydrogens is 282 g/mol. The summed E-state index contributed by atoms with van der Waals surface area (Å²) in [7, 11) is 0. The second-order valence-electron chi connectivity index (χ2n) is 3.88. The predicted octanol–water partition coefficient (Wildman–Crippen LogP) is 2.16. The Morgan fingerprint density at radius 2 is 2.05 bits per heavy atom. The van der Waals surface area contributed by atoms with Crippen molar-refractivity contribution in [1.29, 1.82) is 0 Å². The van der Waals surface area contributed by atoms with Crippen LogP contribution in [0.15, 0.2) is 18.2 Å². The summed E-state index contributed by atoms with van der Waals surface area (Å²) in [5, 5.41) is 0. The van der Waals surface area contributed by atoms with Crippen molar-refractivity contribution < 1.29 is 31.8 Å². The molecule has 1 aromatic carbocycles. The molecule has 1 rings (SSSR count). The molecule has 2 N–H and O–H groups in total. The minimum atomic E-state index is -4.97. The largest absolute Gasteiger partial charge is 0.573 e. The quantitative estimate of drug-likeness (QED) is 0.668. The number of halogens is 4. The lowest BCUT2D eigenvalue weighted by Gasteiger charge is -2.12. The summed E-state index contributed by atoms with van der Waals surface area (Å²) < 4.78 is 57.4. The Labute approximate surface area is 112 Å². The zero-order chi connectivity index (χ0) is 15.3. The molecule has 0 saturated heterocycles. The third-order valence-electron chi connectivity index (χ3n) is 2.27. The molecule has 20 heavy (non-hydrogen) atoms. The molecule has 0 radical (unpaired) electrons. The highest BCUT2D eigenvalue weighted by molar-refractivity contribution is 5.75. The van der Waals surface area contributed by atoms with Crippen LogP contribution in [0.1, 0.15) is 12.5 Å². The number of nitrogens with two attached hydrogens (primary N) is 1. The van der Waals surface area contributed by atoms with Crippen molar-refractivity contribution in [2.75, 3.05) is 6.61 Å². The molecule has 1 atom stereocenters. The van der Waals surface area contributed by atoms with Crippen LogP contribution in [0.4, 0.5) is 17.6 Å². The second kappa shape index (κ2) is 6.56. The zero-order valence-corrected chi connectivity index (χ0v) is 10.5. The number of carbonyl (C=O) groups is 1. The van der Waals surface area contributed by atoms with E-state index in [1.807, 2.05) is 0 Å². The number of benzene rings is 1. The SMILES string of the molecule is CCOC(=O)C(N)Cc1ccc(OC(F)(F)F)c(F)c1. The van der Waals surface area contributed by atoms with Gasteiger partial charge in [0.15, 0.2) is 11.6 Å². The van der Waals surface area contributed by atoms with Crippen LogP contribution in [0.2, 0.25) is 0 Å². The maximum absolute atomic E-state index is 13.4. The average molecular weight is 295 g/mol. The van der Waals surface area contributed by atoms with E-state index >= 15 is 0 Å². The Balaban J connectivity index is 2.75. The van der Waals surface area contributed by atoms with E-state index in [1.54, 1.807) is 6.92 Å². The lowest BCUT2D eigenvalue weighted by molar-refractivity contribution is -0.275. The van der Waals surface area contributed by atoms with E-state index < -0.39 is 29.9 Å². The lowest BCUT2D eigenvalue weighted by Crippen LogP contribution is -2.34. The van der Waals surface area contributed by atoms with Gasteiger partial charge in [0.1, 0.15) is 6.04 Å². The lowest BCUT2D eigenvalue weighted by atomic mass is 10.1. The molecule has 0 aromatic heterocycles. The topological polar surface area (TPSA) is 61.5 Å². The number of alkyl halides is 3. The Bertz CT molecular complexity index is 476. The first kappa shape index (κ1) is 16.2. The van der Waals surface area contributed by atoms with E-state index in [9.17, 15) is 22.4 Å². The molecular formula is C12H13F4NO3. The summed E-state index contributed by atoms with van der Waals surface area (Å²) >= 11 is 0. The van der Waals surface area contributed by atoms with Crippen molar-refractivity contribution in [1.82, 2.24) is 0 Å². The Morgan fingerprint density at radius 1 is 1.40 bits per heavy atom. The Kier molecular flexibility index (Phi) is 5.32. The van der Waals surface area contributed by atoms with Crippen LogP contribution in [-0.4, -0.2) is 25.0 Å². The van der Waals surface area contributed by atoms with E-state index in [4.69, 9.17) is 5.73 Å². The van der Waals surface area contributed by atoms with Crippen LogP contribution < -0.4 is 10.5 Å². The number of hydrogen-bond donors (Lipinski definition) is 1. The van der Waals surface area contributed by atoms with Gasteiger partial charge in [-0.3, -0.25) is 4.79 Å². The van der Waals surface area contributed by atoms with Crippen LogP contribution in [0.5, 0.6) is 5.75 Å². The van der Waals surface area contributed by atoms with Crippen molar-refractivity contribution in [3.8, 4) is 5.75 Å². The van der Waals surface area contributed by atoms with Crippen molar-refractivity contribution in [3.05, 3.63) is 29.6 Å². The van der Waals surface area contributed by atoms with Gasteiger partial charge in [-0.25, -0.2) is 4.39 Å². The molecule has 112 valence electrons. The molecule has 4 nitrogen and oxygen atoms in total. The first-order chi connectivity index (χ1) is 9.23. The zero-order valence-electron chi connectivity index (χ0n) is 10.5. The van der Waals surface area contributed by atoms with Crippen LogP contribution in [0, 0.1) is 5.82 Å². The van der Waals surface area contributed by atoms with Crippen molar-refractivity contribution >= 4 is 5.97 Å². The van der Waals surface area contributed by atoms with E-state index in [-0.39, 0.29) is 18.6 Å². The standard InChI is InChI=1S/C12H13F4NO3/c1-2-19-11(18)9(17)6-7-3-4-10(8(13)5-7)20-12(14,15)16/h3-5,9H,2,6,17H2,1H3. The van der Waals surface area contributed by atoms with E-state index in [1.165, 1.54) is 6.07 Å². The third-order valence-corrected chi connectivity index (χ3v) is 2.27. The molecule has 0 spiro atoms. The first-order valence-corrected chi connectivity index (χ1v) is 5.69. The highest BCUT2D eigenvalue weighted by Gasteiger charge is 2.32. The molecule has 1 aromatic rings. The van der Waals surface area contributed by atoms with Gasteiger partial charge in [0.2, 0.25) is 0 Å². The van der Waals surface area contributed by atoms with Gasteiger partial charge in [-0.05, 0) is 31.0 Å². The minimum Gasteiger partial charge on any atom is -0.465 e. The Morgan fingerprint density at radius 3 is 2.55 bits per heavy atom. The van der Waals surface area contributed by atoms with E-state index in [0.717, 1.165) is 12.1 Å². The van der Waals surface area contributed by atoms with Crippen molar-refractivity contribution in [2.45, 2.75) is 25.7 Å². The summed E-state index contributed by atoms with van der Waals surface area (Å²) in [6.45, 7) is 1.76. The van der Waals surface area contributed by atoms with Crippen LogP contribution >= 0.6 is 0 Å².